The van der Waals surface area contributed by atoms with Gasteiger partial charge in [0.1, 0.15) is 18.3 Å². The average molecular weight is 462 g/mol. The zero-order valence-electron chi connectivity index (χ0n) is 18.4. The number of aliphatic carboxylic acids is 1. The second-order valence-corrected chi connectivity index (χ2v) is 9.50. The fourth-order valence-electron chi connectivity index (χ4n) is 5.94. The summed E-state index contributed by atoms with van der Waals surface area (Å²) in [5.74, 6) is -1.06. The highest BCUT2D eigenvalue weighted by molar-refractivity contribution is 5.75. The molecular weight excluding hydrogens is 432 g/mol. The van der Waals surface area contributed by atoms with Gasteiger partial charge < -0.3 is 39.7 Å². The van der Waals surface area contributed by atoms with Gasteiger partial charge in [0, 0.05) is 44.7 Å². The molecule has 1 saturated heterocycles. The molecule has 180 valence electrons. The number of hydrogen-bond acceptors (Lipinski definition) is 8. The van der Waals surface area contributed by atoms with E-state index < -0.39 is 36.7 Å². The topological polar surface area (TPSA) is 140 Å². The standard InChI is InChI=1S/C23H30N2O8/c1-11(26)24-7-8-25-10-15-13(14-4-2-3-12(9-24)17(14)25)5-6-16(15)32-23-20(29)18(27)19(28)21(33-23)22(30)31/h2-4,13,15-16,18-21,23,27-29H,5-10H2,1H3,(H,30,31). The van der Waals surface area contributed by atoms with Crippen molar-refractivity contribution in [3.63, 3.8) is 0 Å². The molecule has 10 heteroatoms. The SMILES string of the molecule is CC(=O)N1CCN2CC3C(OC4OC(C(=O)O)C(O)C(O)C4O)CCC3c3cccc(c32)C1. The number of nitrogens with zero attached hydrogens (tertiary/aromatic N) is 2. The van der Waals surface area contributed by atoms with Crippen molar-refractivity contribution in [2.75, 3.05) is 24.5 Å². The molecule has 0 aromatic heterocycles. The molecule has 1 saturated carbocycles. The second kappa shape index (κ2) is 8.52. The smallest absolute Gasteiger partial charge is 0.335 e. The van der Waals surface area contributed by atoms with Gasteiger partial charge in [-0.3, -0.25) is 4.79 Å². The molecule has 10 nitrogen and oxygen atoms in total. The molecule has 1 aromatic carbocycles. The molecular formula is C23H30N2O8. The second-order valence-electron chi connectivity index (χ2n) is 9.50. The fraction of sp³-hybridized carbons (Fsp3) is 0.652. The third-order valence-corrected chi connectivity index (χ3v) is 7.62. The lowest BCUT2D eigenvalue weighted by Gasteiger charge is -2.43. The number of carboxylic acid groups (broad SMARTS) is 1. The van der Waals surface area contributed by atoms with Gasteiger partial charge in [0.25, 0.3) is 0 Å². The van der Waals surface area contributed by atoms with Gasteiger partial charge >= 0.3 is 5.97 Å². The molecule has 0 radical (unpaired) electrons. The maximum atomic E-state index is 12.1. The molecule has 8 atom stereocenters. The third-order valence-electron chi connectivity index (χ3n) is 7.62. The van der Waals surface area contributed by atoms with Crippen LogP contribution in [0.25, 0.3) is 0 Å². The Morgan fingerprint density at radius 2 is 1.88 bits per heavy atom. The Hall–Kier alpha value is -2.24. The summed E-state index contributed by atoms with van der Waals surface area (Å²) in [7, 11) is 0. The monoisotopic (exact) mass is 462 g/mol. The van der Waals surface area contributed by atoms with Gasteiger partial charge in [0.05, 0.1) is 6.10 Å². The number of carbonyl (C=O) groups excluding carboxylic acids is 1. The first kappa shape index (κ1) is 22.5. The van der Waals surface area contributed by atoms with Gasteiger partial charge in [0.2, 0.25) is 5.91 Å². The molecule has 0 bridgehead atoms. The number of ether oxygens (including phenoxy) is 2. The lowest BCUT2D eigenvalue weighted by atomic mass is 9.81. The van der Waals surface area contributed by atoms with Crippen LogP contribution in [0.4, 0.5) is 5.69 Å². The van der Waals surface area contributed by atoms with Gasteiger partial charge in [-0.1, -0.05) is 18.2 Å². The number of benzene rings is 1. The Kier molecular flexibility index (Phi) is 5.82. The zero-order valence-corrected chi connectivity index (χ0v) is 18.4. The third kappa shape index (κ3) is 3.79. The zero-order chi connectivity index (χ0) is 23.4. The molecule has 3 aliphatic heterocycles. The normalized spacial score (nSPS) is 37.8. The summed E-state index contributed by atoms with van der Waals surface area (Å²) < 4.78 is 11.4. The quantitative estimate of drug-likeness (QED) is 0.474. The van der Waals surface area contributed by atoms with Gasteiger partial charge in [-0.2, -0.15) is 0 Å². The van der Waals surface area contributed by atoms with Crippen LogP contribution in [-0.2, 0) is 25.6 Å². The van der Waals surface area contributed by atoms with Crippen LogP contribution in [0.5, 0.6) is 0 Å². The number of aliphatic hydroxyl groups excluding tert-OH is 3. The molecule has 1 aliphatic carbocycles. The highest BCUT2D eigenvalue weighted by atomic mass is 16.7. The highest BCUT2D eigenvalue weighted by Crippen LogP contribution is 2.50. The van der Waals surface area contributed by atoms with Crippen molar-refractivity contribution >= 4 is 17.6 Å². The number of rotatable bonds is 3. The Labute approximate surface area is 191 Å². The molecule has 4 N–H and O–H groups in total. The predicted octanol–water partition coefficient (Wildman–Crippen LogP) is -0.360. The van der Waals surface area contributed by atoms with E-state index in [9.17, 15) is 30.0 Å². The van der Waals surface area contributed by atoms with Gasteiger partial charge in [-0.25, -0.2) is 4.79 Å². The summed E-state index contributed by atoms with van der Waals surface area (Å²) in [6.45, 7) is 4.21. The van der Waals surface area contributed by atoms with Crippen LogP contribution in [-0.4, -0.2) is 93.6 Å². The molecule has 2 fully saturated rings. The summed E-state index contributed by atoms with van der Waals surface area (Å²) >= 11 is 0. The first-order valence-corrected chi connectivity index (χ1v) is 11.5. The Balaban J connectivity index is 1.38. The number of para-hydroxylation sites is 1. The van der Waals surface area contributed by atoms with Crippen LogP contribution in [0, 0.1) is 5.92 Å². The van der Waals surface area contributed by atoms with E-state index in [-0.39, 0.29) is 23.8 Å². The number of fused-ring (bicyclic) bond motifs is 2. The van der Waals surface area contributed by atoms with Crippen LogP contribution >= 0.6 is 0 Å². The first-order valence-electron chi connectivity index (χ1n) is 11.5. The van der Waals surface area contributed by atoms with Crippen molar-refractivity contribution in [3.8, 4) is 0 Å². The van der Waals surface area contributed by atoms with E-state index in [1.807, 2.05) is 11.0 Å². The molecule has 8 unspecified atom stereocenters. The first-order chi connectivity index (χ1) is 15.8. The minimum Gasteiger partial charge on any atom is -0.479 e. The van der Waals surface area contributed by atoms with Gasteiger partial charge in [0.15, 0.2) is 12.4 Å². The Bertz CT molecular complexity index is 941. The molecule has 1 amide bonds. The summed E-state index contributed by atoms with van der Waals surface area (Å²) in [6, 6.07) is 6.22. The number of carbonyl (C=O) groups is 2. The lowest BCUT2D eigenvalue weighted by Crippen LogP contribution is -2.61. The van der Waals surface area contributed by atoms with Crippen molar-refractivity contribution in [2.45, 2.75) is 69.0 Å². The van der Waals surface area contributed by atoms with Crippen LogP contribution < -0.4 is 4.90 Å². The number of carboxylic acids is 1. The van der Waals surface area contributed by atoms with Crippen LogP contribution in [0.1, 0.15) is 36.8 Å². The number of amides is 1. The van der Waals surface area contributed by atoms with E-state index in [0.717, 1.165) is 12.0 Å². The van der Waals surface area contributed by atoms with Crippen molar-refractivity contribution in [3.05, 3.63) is 29.3 Å². The van der Waals surface area contributed by atoms with E-state index in [2.05, 4.69) is 17.0 Å². The maximum Gasteiger partial charge on any atom is 0.335 e. The molecule has 4 aliphatic rings. The van der Waals surface area contributed by atoms with Gasteiger partial charge in [-0.05, 0) is 29.9 Å². The number of anilines is 1. The van der Waals surface area contributed by atoms with Crippen molar-refractivity contribution < 1.29 is 39.5 Å². The molecule has 0 spiro atoms. The number of hydrogen-bond donors (Lipinski definition) is 4. The minimum absolute atomic E-state index is 0.0472. The lowest BCUT2D eigenvalue weighted by molar-refractivity contribution is -0.306. The Morgan fingerprint density at radius 3 is 2.61 bits per heavy atom. The van der Waals surface area contributed by atoms with E-state index in [0.29, 0.717) is 32.6 Å². The molecule has 33 heavy (non-hydrogen) atoms. The largest absolute Gasteiger partial charge is 0.479 e. The van der Waals surface area contributed by atoms with E-state index in [1.54, 1.807) is 6.92 Å². The fourth-order valence-corrected chi connectivity index (χ4v) is 5.94. The summed E-state index contributed by atoms with van der Waals surface area (Å²) in [5, 5.41) is 39.8. The number of aliphatic hydroxyl groups is 3. The molecule has 3 heterocycles. The minimum atomic E-state index is -1.74. The van der Waals surface area contributed by atoms with Gasteiger partial charge in [-0.15, -0.1) is 0 Å². The summed E-state index contributed by atoms with van der Waals surface area (Å²) in [5.41, 5.74) is 3.56. The van der Waals surface area contributed by atoms with E-state index in [4.69, 9.17) is 9.47 Å². The van der Waals surface area contributed by atoms with Crippen molar-refractivity contribution in [1.29, 1.82) is 0 Å². The average Bonchev–Trinajstić information content (AvgIpc) is 3.08. The van der Waals surface area contributed by atoms with E-state index in [1.165, 1.54) is 11.3 Å². The molecule has 5 rings (SSSR count). The predicted molar refractivity (Wildman–Crippen MR) is 114 cm³/mol. The van der Waals surface area contributed by atoms with Crippen LogP contribution in [0.15, 0.2) is 18.2 Å². The summed E-state index contributed by atoms with van der Waals surface area (Å²) in [4.78, 5) is 27.6. The maximum absolute atomic E-state index is 12.1. The Morgan fingerprint density at radius 1 is 1.09 bits per heavy atom. The summed E-state index contributed by atoms with van der Waals surface area (Å²) in [6.07, 6.45) is -6.74. The van der Waals surface area contributed by atoms with Crippen molar-refractivity contribution in [2.24, 2.45) is 5.92 Å². The van der Waals surface area contributed by atoms with Crippen LogP contribution in [0.2, 0.25) is 0 Å². The molecule has 1 aromatic rings. The van der Waals surface area contributed by atoms with E-state index >= 15 is 0 Å². The van der Waals surface area contributed by atoms with Crippen molar-refractivity contribution in [1.82, 2.24) is 4.90 Å². The highest BCUT2D eigenvalue weighted by Gasteiger charge is 2.51. The van der Waals surface area contributed by atoms with Crippen LogP contribution in [0.3, 0.4) is 0 Å².